The lowest BCUT2D eigenvalue weighted by Crippen LogP contribution is -2.19. The molecule has 2 heterocycles. The molecular formula is C13H16N4OS. The van der Waals surface area contributed by atoms with Crippen LogP contribution in [-0.2, 0) is 6.42 Å². The van der Waals surface area contributed by atoms with Crippen molar-refractivity contribution in [3.8, 4) is 0 Å². The van der Waals surface area contributed by atoms with E-state index in [4.69, 9.17) is 5.73 Å². The maximum atomic E-state index is 10.9. The monoisotopic (exact) mass is 276 g/mol. The SMILES string of the molecule is Cc1ccc(CC(C)Nc2ccc(C(N)=O)nn2)s1. The third-order valence-corrected chi connectivity index (χ3v) is 3.64. The average Bonchev–Trinajstić information content (AvgIpc) is 2.75. The van der Waals surface area contributed by atoms with E-state index >= 15 is 0 Å². The van der Waals surface area contributed by atoms with Crippen LogP contribution in [-0.4, -0.2) is 22.1 Å². The van der Waals surface area contributed by atoms with Gasteiger partial charge in [-0.25, -0.2) is 0 Å². The zero-order chi connectivity index (χ0) is 13.8. The van der Waals surface area contributed by atoms with Crippen molar-refractivity contribution < 1.29 is 4.79 Å². The first-order chi connectivity index (χ1) is 9.04. The number of aromatic nitrogens is 2. The summed E-state index contributed by atoms with van der Waals surface area (Å²) in [5.41, 5.74) is 5.28. The normalized spacial score (nSPS) is 12.1. The molecular weight excluding hydrogens is 260 g/mol. The van der Waals surface area contributed by atoms with Crippen molar-refractivity contribution in [3.05, 3.63) is 39.7 Å². The lowest BCUT2D eigenvalue weighted by atomic mass is 10.2. The minimum absolute atomic E-state index is 0.173. The first-order valence-electron chi connectivity index (χ1n) is 6.00. The maximum absolute atomic E-state index is 10.9. The number of aryl methyl sites for hydroxylation is 1. The topological polar surface area (TPSA) is 80.9 Å². The highest BCUT2D eigenvalue weighted by atomic mass is 32.1. The molecule has 100 valence electrons. The number of nitrogens with zero attached hydrogens (tertiary/aromatic N) is 2. The highest BCUT2D eigenvalue weighted by Gasteiger charge is 2.08. The van der Waals surface area contributed by atoms with Gasteiger partial charge >= 0.3 is 0 Å². The molecule has 2 aromatic rings. The molecule has 0 aliphatic carbocycles. The number of amides is 1. The van der Waals surface area contributed by atoms with Crippen LogP contribution in [0.15, 0.2) is 24.3 Å². The molecule has 0 spiro atoms. The van der Waals surface area contributed by atoms with Gasteiger partial charge in [0.25, 0.3) is 5.91 Å². The first kappa shape index (κ1) is 13.5. The van der Waals surface area contributed by atoms with Crippen LogP contribution in [0.4, 0.5) is 5.82 Å². The van der Waals surface area contributed by atoms with E-state index < -0.39 is 5.91 Å². The summed E-state index contributed by atoms with van der Waals surface area (Å²) in [7, 11) is 0. The fraction of sp³-hybridized carbons (Fsp3) is 0.308. The molecule has 3 N–H and O–H groups in total. The Labute approximate surface area is 115 Å². The maximum Gasteiger partial charge on any atom is 0.269 e. The molecule has 2 aromatic heterocycles. The van der Waals surface area contributed by atoms with Crippen molar-refractivity contribution in [2.24, 2.45) is 5.73 Å². The Balaban J connectivity index is 1.94. The quantitative estimate of drug-likeness (QED) is 0.875. The zero-order valence-corrected chi connectivity index (χ0v) is 11.7. The van der Waals surface area contributed by atoms with Gasteiger partial charge in [0.1, 0.15) is 5.82 Å². The summed E-state index contributed by atoms with van der Waals surface area (Å²) in [6, 6.07) is 7.78. The van der Waals surface area contributed by atoms with Gasteiger partial charge in [0, 0.05) is 22.2 Å². The van der Waals surface area contributed by atoms with E-state index in [1.165, 1.54) is 9.75 Å². The minimum atomic E-state index is -0.568. The second-order valence-electron chi connectivity index (χ2n) is 4.43. The summed E-state index contributed by atoms with van der Waals surface area (Å²) in [4.78, 5) is 13.5. The van der Waals surface area contributed by atoms with Crippen molar-refractivity contribution in [2.45, 2.75) is 26.3 Å². The van der Waals surface area contributed by atoms with Crippen LogP contribution in [0.5, 0.6) is 0 Å². The number of nitrogens with one attached hydrogen (secondary N) is 1. The summed E-state index contributed by atoms with van der Waals surface area (Å²) in [5, 5.41) is 10.9. The Morgan fingerprint density at radius 2 is 2.16 bits per heavy atom. The van der Waals surface area contributed by atoms with Crippen molar-refractivity contribution in [2.75, 3.05) is 5.32 Å². The molecule has 0 aliphatic heterocycles. The number of carbonyl (C=O) groups excluding carboxylic acids is 1. The van der Waals surface area contributed by atoms with Gasteiger partial charge in [-0.2, -0.15) is 0 Å². The summed E-state index contributed by atoms with van der Waals surface area (Å²) in [6.07, 6.45) is 0.928. The number of carbonyl (C=O) groups is 1. The van der Waals surface area contributed by atoms with Crippen molar-refractivity contribution >= 4 is 23.1 Å². The second-order valence-corrected chi connectivity index (χ2v) is 5.80. The van der Waals surface area contributed by atoms with Crippen molar-refractivity contribution in [1.29, 1.82) is 0 Å². The van der Waals surface area contributed by atoms with Crippen LogP contribution < -0.4 is 11.1 Å². The molecule has 5 nitrogen and oxygen atoms in total. The van der Waals surface area contributed by atoms with E-state index in [0.29, 0.717) is 5.82 Å². The fourth-order valence-electron chi connectivity index (χ4n) is 1.74. The molecule has 0 aliphatic rings. The standard InChI is InChI=1S/C13H16N4OS/c1-8(7-10-4-3-9(2)19-10)15-12-6-5-11(13(14)18)16-17-12/h3-6,8H,7H2,1-2H3,(H2,14,18)(H,15,17). The van der Waals surface area contributed by atoms with Gasteiger partial charge in [-0.05, 0) is 38.1 Å². The minimum Gasteiger partial charge on any atom is -0.366 e. The van der Waals surface area contributed by atoms with Crippen LogP contribution in [0.2, 0.25) is 0 Å². The first-order valence-corrected chi connectivity index (χ1v) is 6.81. The van der Waals surface area contributed by atoms with Crippen molar-refractivity contribution in [3.63, 3.8) is 0 Å². The van der Waals surface area contributed by atoms with Crippen molar-refractivity contribution in [1.82, 2.24) is 10.2 Å². The molecule has 0 radical (unpaired) electrons. The van der Waals surface area contributed by atoms with Gasteiger partial charge in [-0.3, -0.25) is 4.79 Å². The molecule has 0 fully saturated rings. The van der Waals surface area contributed by atoms with E-state index in [1.807, 2.05) is 0 Å². The van der Waals surface area contributed by atoms with Crippen LogP contribution in [0, 0.1) is 6.92 Å². The lowest BCUT2D eigenvalue weighted by Gasteiger charge is -2.12. The Hall–Kier alpha value is -1.95. The summed E-state index contributed by atoms with van der Waals surface area (Å²) < 4.78 is 0. The predicted molar refractivity (Wildman–Crippen MR) is 76.4 cm³/mol. The second kappa shape index (κ2) is 5.79. The molecule has 0 bridgehead atoms. The molecule has 0 saturated heterocycles. The van der Waals surface area contributed by atoms with E-state index in [2.05, 4.69) is 41.5 Å². The molecule has 0 saturated carbocycles. The number of nitrogens with two attached hydrogens (primary N) is 1. The van der Waals surface area contributed by atoms with Gasteiger partial charge in [0.05, 0.1) is 0 Å². The molecule has 6 heteroatoms. The number of thiophene rings is 1. The summed E-state index contributed by atoms with van der Waals surface area (Å²) >= 11 is 1.80. The third kappa shape index (κ3) is 3.75. The molecule has 0 aromatic carbocycles. The number of anilines is 1. The Morgan fingerprint density at radius 1 is 1.37 bits per heavy atom. The van der Waals surface area contributed by atoms with Gasteiger partial charge in [-0.1, -0.05) is 0 Å². The number of rotatable bonds is 5. The van der Waals surface area contributed by atoms with Crippen LogP contribution >= 0.6 is 11.3 Å². The Kier molecular flexibility index (Phi) is 4.11. The van der Waals surface area contributed by atoms with Crippen LogP contribution in [0.1, 0.15) is 27.2 Å². The van der Waals surface area contributed by atoms with Gasteiger partial charge in [0.15, 0.2) is 5.69 Å². The Bertz CT molecular complexity index is 564. The van der Waals surface area contributed by atoms with E-state index in [1.54, 1.807) is 23.5 Å². The van der Waals surface area contributed by atoms with Gasteiger partial charge in [-0.15, -0.1) is 21.5 Å². The predicted octanol–water partition coefficient (Wildman–Crippen LogP) is 1.99. The molecule has 19 heavy (non-hydrogen) atoms. The van der Waals surface area contributed by atoms with Crippen LogP contribution in [0.3, 0.4) is 0 Å². The van der Waals surface area contributed by atoms with Crippen LogP contribution in [0.25, 0.3) is 0 Å². The highest BCUT2D eigenvalue weighted by Crippen LogP contribution is 2.17. The zero-order valence-electron chi connectivity index (χ0n) is 10.9. The lowest BCUT2D eigenvalue weighted by molar-refractivity contribution is 0.0994. The van der Waals surface area contributed by atoms with E-state index in [-0.39, 0.29) is 11.7 Å². The average molecular weight is 276 g/mol. The van der Waals surface area contributed by atoms with E-state index in [0.717, 1.165) is 6.42 Å². The molecule has 1 unspecified atom stereocenters. The number of primary amides is 1. The fourth-order valence-corrected chi connectivity index (χ4v) is 2.76. The smallest absolute Gasteiger partial charge is 0.269 e. The molecule has 1 amide bonds. The van der Waals surface area contributed by atoms with E-state index in [9.17, 15) is 4.79 Å². The van der Waals surface area contributed by atoms with Gasteiger partial charge in [0.2, 0.25) is 0 Å². The highest BCUT2D eigenvalue weighted by molar-refractivity contribution is 7.11. The molecule has 1 atom stereocenters. The number of hydrogen-bond acceptors (Lipinski definition) is 5. The number of hydrogen-bond donors (Lipinski definition) is 2. The largest absolute Gasteiger partial charge is 0.366 e. The summed E-state index contributed by atoms with van der Waals surface area (Å²) in [5.74, 6) is 0.0759. The summed E-state index contributed by atoms with van der Waals surface area (Å²) in [6.45, 7) is 4.18. The Morgan fingerprint density at radius 3 is 2.68 bits per heavy atom. The third-order valence-electron chi connectivity index (χ3n) is 2.61. The van der Waals surface area contributed by atoms with Gasteiger partial charge < -0.3 is 11.1 Å². The molecule has 2 rings (SSSR count).